The predicted octanol–water partition coefficient (Wildman–Crippen LogP) is 3.87. The maximum atomic E-state index is 12.6. The maximum absolute atomic E-state index is 12.6. The molecular weight excluding hydrogens is 341 g/mol. The van der Waals surface area contributed by atoms with E-state index in [1.165, 1.54) is 6.07 Å². The topological polar surface area (TPSA) is 95.9 Å². The lowest BCUT2D eigenvalue weighted by Crippen LogP contribution is -2.13. The van der Waals surface area contributed by atoms with Crippen LogP contribution in [0.4, 0.5) is 5.69 Å². The number of anilines is 1. The summed E-state index contributed by atoms with van der Waals surface area (Å²) in [5, 5.41) is 4.17. The first kappa shape index (κ1) is 17.2. The molecule has 0 spiro atoms. The van der Waals surface area contributed by atoms with Gasteiger partial charge in [-0.15, -0.1) is 0 Å². The van der Waals surface area contributed by atoms with Crippen LogP contribution < -0.4 is 9.84 Å². The number of hydrogen-bond acceptors (Lipinski definition) is 3. The zero-order valence-corrected chi connectivity index (χ0v) is 14.2. The quantitative estimate of drug-likeness (QED) is 0.616. The van der Waals surface area contributed by atoms with E-state index in [9.17, 15) is 9.36 Å². The lowest BCUT2D eigenvalue weighted by atomic mass is 10.1. The number of rotatable bonds is 4. The molecule has 0 bridgehead atoms. The molecule has 7 heteroatoms. The summed E-state index contributed by atoms with van der Waals surface area (Å²) in [6.07, 6.45) is 0. The van der Waals surface area contributed by atoms with Crippen LogP contribution in [0, 0.1) is 6.92 Å². The molecule has 0 heterocycles. The molecule has 0 aliphatic rings. The summed E-state index contributed by atoms with van der Waals surface area (Å²) in [5.74, 6) is -0.685. The summed E-state index contributed by atoms with van der Waals surface area (Å²) in [6, 6.07) is 17.4. The summed E-state index contributed by atoms with van der Waals surface area (Å²) < 4.78 is 16.0. The highest BCUT2D eigenvalue weighted by Crippen LogP contribution is 2.40. The Balaban J connectivity index is 2.02. The highest BCUT2D eigenvalue weighted by Gasteiger charge is 2.22. The van der Waals surface area contributed by atoms with E-state index in [0.717, 1.165) is 10.9 Å². The van der Waals surface area contributed by atoms with Crippen LogP contribution in [0.15, 0.2) is 60.7 Å². The van der Waals surface area contributed by atoms with Gasteiger partial charge in [0.1, 0.15) is 5.75 Å². The van der Waals surface area contributed by atoms with Gasteiger partial charge >= 0.3 is 7.82 Å². The van der Waals surface area contributed by atoms with E-state index in [2.05, 4.69) is 5.32 Å². The Morgan fingerprint density at radius 2 is 1.60 bits per heavy atom. The molecule has 3 aromatic rings. The molecule has 3 rings (SSSR count). The van der Waals surface area contributed by atoms with E-state index in [1.54, 1.807) is 36.4 Å². The van der Waals surface area contributed by atoms with Gasteiger partial charge in [-0.05, 0) is 42.0 Å². The van der Waals surface area contributed by atoms with Crippen molar-refractivity contribution >= 4 is 30.2 Å². The second kappa shape index (κ2) is 6.69. The number of fused-ring (bicyclic) bond motifs is 1. The third-order valence-electron chi connectivity index (χ3n) is 3.62. The summed E-state index contributed by atoms with van der Waals surface area (Å²) in [4.78, 5) is 30.9. The van der Waals surface area contributed by atoms with Gasteiger partial charge in [0.05, 0.1) is 5.56 Å². The number of hydrogen-bond donors (Lipinski definition) is 3. The number of phosphoric acid groups is 1. The van der Waals surface area contributed by atoms with Crippen LogP contribution in [0.25, 0.3) is 10.8 Å². The van der Waals surface area contributed by atoms with Crippen molar-refractivity contribution < 1.29 is 23.7 Å². The van der Waals surface area contributed by atoms with Crippen molar-refractivity contribution in [2.75, 3.05) is 5.32 Å². The molecule has 3 aromatic carbocycles. The second-order valence-electron chi connectivity index (χ2n) is 5.60. The van der Waals surface area contributed by atoms with E-state index in [-0.39, 0.29) is 11.3 Å². The Morgan fingerprint density at radius 1 is 1.00 bits per heavy atom. The first-order chi connectivity index (χ1) is 11.8. The lowest BCUT2D eigenvalue weighted by Gasteiger charge is -2.13. The van der Waals surface area contributed by atoms with Crippen LogP contribution in [0.2, 0.25) is 0 Å². The molecule has 25 heavy (non-hydrogen) atoms. The van der Waals surface area contributed by atoms with Gasteiger partial charge in [-0.2, -0.15) is 0 Å². The summed E-state index contributed by atoms with van der Waals surface area (Å²) in [6.45, 7) is 1.93. The molecule has 6 nitrogen and oxygen atoms in total. The lowest BCUT2D eigenvalue weighted by molar-refractivity contribution is 0.102. The zero-order chi connectivity index (χ0) is 18.0. The van der Waals surface area contributed by atoms with Gasteiger partial charge in [0, 0.05) is 5.69 Å². The molecule has 1 amide bonds. The fraction of sp³-hybridized carbons (Fsp3) is 0.0556. The molecule has 3 N–H and O–H groups in total. The molecule has 0 fully saturated rings. The van der Waals surface area contributed by atoms with Crippen LogP contribution >= 0.6 is 7.82 Å². The number of carbonyl (C=O) groups is 1. The number of amides is 1. The highest BCUT2D eigenvalue weighted by molar-refractivity contribution is 7.46. The van der Waals surface area contributed by atoms with Crippen LogP contribution in [0.3, 0.4) is 0 Å². The van der Waals surface area contributed by atoms with Gasteiger partial charge in [0.25, 0.3) is 5.91 Å². The average Bonchev–Trinajstić information content (AvgIpc) is 2.55. The Hall–Kier alpha value is -2.66. The monoisotopic (exact) mass is 357 g/mol. The highest BCUT2D eigenvalue weighted by atomic mass is 31.2. The van der Waals surface area contributed by atoms with Crippen LogP contribution in [0.5, 0.6) is 5.75 Å². The smallest absolute Gasteiger partial charge is 0.403 e. The number of aryl methyl sites for hydroxylation is 1. The van der Waals surface area contributed by atoms with E-state index < -0.39 is 13.7 Å². The van der Waals surface area contributed by atoms with Crippen molar-refractivity contribution in [3.63, 3.8) is 0 Å². The SMILES string of the molecule is Cc1ccc(NC(=O)c2cc3ccccc3cc2OP(=O)(O)O)cc1. The van der Waals surface area contributed by atoms with Crippen LogP contribution in [-0.2, 0) is 4.57 Å². The maximum Gasteiger partial charge on any atom is 0.524 e. The largest absolute Gasteiger partial charge is 0.524 e. The normalized spacial score (nSPS) is 11.3. The summed E-state index contributed by atoms with van der Waals surface area (Å²) >= 11 is 0. The molecule has 0 radical (unpaired) electrons. The molecule has 0 aliphatic heterocycles. The van der Waals surface area contributed by atoms with Crippen molar-refractivity contribution in [1.82, 2.24) is 0 Å². The minimum absolute atomic E-state index is 0.0441. The first-order valence-corrected chi connectivity index (χ1v) is 9.01. The van der Waals surface area contributed by atoms with Crippen molar-refractivity contribution in [3.8, 4) is 5.75 Å². The molecule has 128 valence electrons. The fourth-order valence-electron chi connectivity index (χ4n) is 2.44. The molecular formula is C18H16NO5P. The number of benzene rings is 3. The van der Waals surface area contributed by atoms with Crippen LogP contribution in [-0.4, -0.2) is 15.7 Å². The van der Waals surface area contributed by atoms with E-state index in [1.807, 2.05) is 25.1 Å². The molecule has 0 saturated carbocycles. The molecule has 0 saturated heterocycles. The van der Waals surface area contributed by atoms with Gasteiger partial charge in [-0.25, -0.2) is 4.57 Å². The van der Waals surface area contributed by atoms with Gasteiger partial charge in [-0.1, -0.05) is 42.0 Å². The van der Waals surface area contributed by atoms with E-state index in [4.69, 9.17) is 14.3 Å². The van der Waals surface area contributed by atoms with Crippen molar-refractivity contribution in [1.29, 1.82) is 0 Å². The summed E-state index contributed by atoms with van der Waals surface area (Å²) in [7, 11) is -4.80. The van der Waals surface area contributed by atoms with Gasteiger partial charge in [0.2, 0.25) is 0 Å². The van der Waals surface area contributed by atoms with E-state index >= 15 is 0 Å². The fourth-order valence-corrected chi connectivity index (χ4v) is 2.84. The third kappa shape index (κ3) is 4.25. The first-order valence-electron chi connectivity index (χ1n) is 7.48. The third-order valence-corrected chi connectivity index (χ3v) is 4.05. The molecule has 0 atom stereocenters. The average molecular weight is 357 g/mol. The molecule has 0 unspecified atom stereocenters. The number of nitrogens with one attached hydrogen (secondary N) is 1. The zero-order valence-electron chi connectivity index (χ0n) is 13.3. The van der Waals surface area contributed by atoms with Crippen molar-refractivity contribution in [2.24, 2.45) is 0 Å². The Bertz CT molecular complexity index is 978. The standard InChI is InChI=1S/C18H16NO5P/c1-12-6-8-15(9-7-12)19-18(20)16-10-13-4-2-3-5-14(13)11-17(16)24-25(21,22)23/h2-11H,1H3,(H,19,20)(H2,21,22,23). The summed E-state index contributed by atoms with van der Waals surface area (Å²) in [5.41, 5.74) is 1.67. The molecule has 0 aliphatic carbocycles. The molecule has 0 aromatic heterocycles. The minimum atomic E-state index is -4.80. The Morgan fingerprint density at radius 3 is 2.20 bits per heavy atom. The number of carbonyl (C=O) groups excluding carboxylic acids is 1. The van der Waals surface area contributed by atoms with Crippen molar-refractivity contribution in [2.45, 2.75) is 6.92 Å². The van der Waals surface area contributed by atoms with Gasteiger partial charge < -0.3 is 9.84 Å². The van der Waals surface area contributed by atoms with E-state index in [0.29, 0.717) is 11.1 Å². The van der Waals surface area contributed by atoms with Gasteiger partial charge in [0.15, 0.2) is 0 Å². The van der Waals surface area contributed by atoms with Crippen molar-refractivity contribution in [3.05, 3.63) is 71.8 Å². The Kier molecular flexibility index (Phi) is 4.59. The van der Waals surface area contributed by atoms with Crippen LogP contribution in [0.1, 0.15) is 15.9 Å². The van der Waals surface area contributed by atoms with Gasteiger partial charge in [-0.3, -0.25) is 14.6 Å². The predicted molar refractivity (Wildman–Crippen MR) is 95.8 cm³/mol. The Labute approximate surface area is 144 Å². The minimum Gasteiger partial charge on any atom is -0.403 e. The number of phosphoric ester groups is 1. The second-order valence-corrected chi connectivity index (χ2v) is 6.76.